The number of nitrogens with zero attached hydrogens (tertiary/aromatic N) is 2. The summed E-state index contributed by atoms with van der Waals surface area (Å²) in [6.45, 7) is 7.50. The Morgan fingerprint density at radius 2 is 2.00 bits per heavy atom. The van der Waals surface area contributed by atoms with Crippen LogP contribution >= 0.6 is 0 Å². The molecular formula is C21H27N3O2. The molecule has 1 aliphatic heterocycles. The highest BCUT2D eigenvalue weighted by molar-refractivity contribution is 5.92. The Bertz CT molecular complexity index is 857. The van der Waals surface area contributed by atoms with Crippen LogP contribution in [0.4, 0.5) is 0 Å². The van der Waals surface area contributed by atoms with Crippen LogP contribution in [0.5, 0.6) is 0 Å². The Morgan fingerprint density at radius 3 is 2.77 bits per heavy atom. The predicted molar refractivity (Wildman–Crippen MR) is 104 cm³/mol. The number of hydrogen-bond acceptors (Lipinski definition) is 3. The molecule has 1 unspecified atom stereocenters. The summed E-state index contributed by atoms with van der Waals surface area (Å²) in [5.74, 6) is 0.382. The summed E-state index contributed by atoms with van der Waals surface area (Å²) in [4.78, 5) is 26.4. The summed E-state index contributed by atoms with van der Waals surface area (Å²) in [6, 6.07) is 11.5. The lowest BCUT2D eigenvalue weighted by molar-refractivity contribution is 0.0940. The first-order valence-corrected chi connectivity index (χ1v) is 9.19. The first kappa shape index (κ1) is 18.4. The van der Waals surface area contributed by atoms with E-state index in [2.05, 4.69) is 41.4 Å². The van der Waals surface area contributed by atoms with Gasteiger partial charge in [0.05, 0.1) is 0 Å². The van der Waals surface area contributed by atoms with Gasteiger partial charge in [-0.15, -0.1) is 0 Å². The zero-order chi connectivity index (χ0) is 18.7. The number of likely N-dealkylation sites (tertiary alicyclic amines) is 1. The molecule has 1 saturated heterocycles. The van der Waals surface area contributed by atoms with Crippen LogP contribution in [-0.2, 0) is 7.05 Å². The van der Waals surface area contributed by atoms with Gasteiger partial charge in [-0.2, -0.15) is 0 Å². The zero-order valence-electron chi connectivity index (χ0n) is 15.8. The number of pyridine rings is 1. The third-order valence-corrected chi connectivity index (χ3v) is 5.37. The van der Waals surface area contributed by atoms with Gasteiger partial charge in [-0.25, -0.2) is 0 Å². The van der Waals surface area contributed by atoms with E-state index in [-0.39, 0.29) is 11.3 Å². The van der Waals surface area contributed by atoms with Crippen LogP contribution in [0, 0.1) is 13.8 Å². The van der Waals surface area contributed by atoms with Crippen molar-refractivity contribution < 1.29 is 4.79 Å². The van der Waals surface area contributed by atoms with E-state index in [1.807, 2.05) is 6.92 Å². The first-order chi connectivity index (χ1) is 12.5. The molecule has 1 aliphatic rings. The second-order valence-electron chi connectivity index (χ2n) is 7.18. The fourth-order valence-electron chi connectivity index (χ4n) is 3.74. The lowest BCUT2D eigenvalue weighted by Crippen LogP contribution is -2.35. The van der Waals surface area contributed by atoms with Gasteiger partial charge in [-0.05, 0) is 43.9 Å². The van der Waals surface area contributed by atoms with E-state index >= 15 is 0 Å². The molecule has 1 aromatic carbocycles. The number of carbonyl (C=O) groups excluding carboxylic acids is 1. The number of hydrogen-bond donors (Lipinski definition) is 1. The van der Waals surface area contributed by atoms with Crippen molar-refractivity contribution in [3.63, 3.8) is 0 Å². The molecule has 1 amide bonds. The highest BCUT2D eigenvalue weighted by atomic mass is 16.2. The van der Waals surface area contributed by atoms with E-state index in [1.165, 1.54) is 23.3 Å². The molecule has 26 heavy (non-hydrogen) atoms. The lowest BCUT2D eigenvalue weighted by atomic mass is 9.94. The van der Waals surface area contributed by atoms with Gasteiger partial charge in [-0.3, -0.25) is 9.59 Å². The molecule has 2 aromatic rings. The number of rotatable bonds is 5. The average Bonchev–Trinajstić information content (AvgIpc) is 3.07. The Balaban J connectivity index is 1.52. The van der Waals surface area contributed by atoms with Crippen LogP contribution in [0.1, 0.15) is 39.6 Å². The molecule has 5 heteroatoms. The molecule has 2 heterocycles. The number of aromatic nitrogens is 1. The maximum atomic E-state index is 12.4. The molecule has 1 N–H and O–H groups in total. The van der Waals surface area contributed by atoms with E-state index in [1.54, 1.807) is 11.6 Å². The van der Waals surface area contributed by atoms with Crippen LogP contribution in [0.15, 0.2) is 41.2 Å². The smallest absolute Gasteiger partial charge is 0.268 e. The molecule has 0 radical (unpaired) electrons. The number of benzene rings is 1. The minimum absolute atomic E-state index is 0.133. The van der Waals surface area contributed by atoms with Crippen molar-refractivity contribution in [2.24, 2.45) is 7.05 Å². The first-order valence-electron chi connectivity index (χ1n) is 9.19. The SMILES string of the molecule is Cc1ccccc1C1CCN(CCNC(=O)c2cc(=O)cc(C)n2C)C1. The number of nitrogens with one attached hydrogen (secondary N) is 1. The summed E-state index contributed by atoms with van der Waals surface area (Å²) < 4.78 is 1.75. The van der Waals surface area contributed by atoms with Gasteiger partial charge in [0, 0.05) is 44.5 Å². The standard InChI is InChI=1S/C21H27N3O2/c1-15-6-4-5-7-19(15)17-8-10-24(14-17)11-9-22-21(26)20-13-18(25)12-16(2)23(20)3/h4-7,12-13,17H,8-11,14H2,1-3H3,(H,22,26). The molecule has 0 saturated carbocycles. The quantitative estimate of drug-likeness (QED) is 0.897. The molecule has 1 fully saturated rings. The van der Waals surface area contributed by atoms with Gasteiger partial charge in [0.1, 0.15) is 5.69 Å². The molecule has 1 atom stereocenters. The van der Waals surface area contributed by atoms with E-state index in [0.29, 0.717) is 18.2 Å². The average molecular weight is 353 g/mol. The largest absolute Gasteiger partial charge is 0.349 e. The minimum atomic E-state index is -0.192. The van der Waals surface area contributed by atoms with Crippen molar-refractivity contribution in [2.45, 2.75) is 26.2 Å². The van der Waals surface area contributed by atoms with Crippen LogP contribution in [0.25, 0.3) is 0 Å². The second-order valence-corrected chi connectivity index (χ2v) is 7.18. The van der Waals surface area contributed by atoms with Crippen molar-refractivity contribution in [3.8, 4) is 0 Å². The van der Waals surface area contributed by atoms with Gasteiger partial charge in [0.25, 0.3) is 5.91 Å². The van der Waals surface area contributed by atoms with Crippen LogP contribution in [0.2, 0.25) is 0 Å². The van der Waals surface area contributed by atoms with Gasteiger partial charge >= 0.3 is 0 Å². The van der Waals surface area contributed by atoms with Crippen molar-refractivity contribution in [1.82, 2.24) is 14.8 Å². The molecule has 5 nitrogen and oxygen atoms in total. The van der Waals surface area contributed by atoms with Gasteiger partial charge in [-0.1, -0.05) is 24.3 Å². The van der Waals surface area contributed by atoms with Crippen LogP contribution in [-0.4, -0.2) is 41.6 Å². The van der Waals surface area contributed by atoms with Gasteiger partial charge in [0.2, 0.25) is 0 Å². The van der Waals surface area contributed by atoms with Crippen LogP contribution < -0.4 is 10.7 Å². The minimum Gasteiger partial charge on any atom is -0.349 e. The van der Waals surface area contributed by atoms with Crippen LogP contribution in [0.3, 0.4) is 0 Å². The summed E-state index contributed by atoms with van der Waals surface area (Å²) in [6.07, 6.45) is 1.16. The molecule has 3 rings (SSSR count). The summed E-state index contributed by atoms with van der Waals surface area (Å²) in [7, 11) is 1.80. The molecule has 0 bridgehead atoms. The Kier molecular flexibility index (Phi) is 5.57. The predicted octanol–water partition coefficient (Wildman–Crippen LogP) is 2.22. The van der Waals surface area contributed by atoms with E-state index in [9.17, 15) is 9.59 Å². The van der Waals surface area contributed by atoms with Crippen molar-refractivity contribution in [3.05, 3.63) is 69.1 Å². The highest BCUT2D eigenvalue weighted by Gasteiger charge is 2.24. The molecular weight excluding hydrogens is 326 g/mol. The Hall–Kier alpha value is -2.40. The normalized spacial score (nSPS) is 17.4. The zero-order valence-corrected chi connectivity index (χ0v) is 15.8. The van der Waals surface area contributed by atoms with Gasteiger partial charge in [0.15, 0.2) is 5.43 Å². The fourth-order valence-corrected chi connectivity index (χ4v) is 3.74. The van der Waals surface area contributed by atoms with Crippen molar-refractivity contribution >= 4 is 5.91 Å². The van der Waals surface area contributed by atoms with Crippen molar-refractivity contribution in [1.29, 1.82) is 0 Å². The Labute approximate surface area is 154 Å². The lowest BCUT2D eigenvalue weighted by Gasteiger charge is -2.18. The number of amides is 1. The molecule has 138 valence electrons. The molecule has 0 spiro atoms. The topological polar surface area (TPSA) is 54.3 Å². The molecule has 1 aromatic heterocycles. The van der Waals surface area contributed by atoms with Crippen molar-refractivity contribution in [2.75, 3.05) is 26.2 Å². The summed E-state index contributed by atoms with van der Waals surface area (Å²) in [5, 5.41) is 2.95. The number of carbonyl (C=O) groups is 1. The summed E-state index contributed by atoms with van der Waals surface area (Å²) in [5.41, 5.74) is 3.85. The van der Waals surface area contributed by atoms with E-state index in [0.717, 1.165) is 31.7 Å². The van der Waals surface area contributed by atoms with E-state index in [4.69, 9.17) is 0 Å². The second kappa shape index (κ2) is 7.87. The monoisotopic (exact) mass is 353 g/mol. The third-order valence-electron chi connectivity index (χ3n) is 5.37. The highest BCUT2D eigenvalue weighted by Crippen LogP contribution is 2.28. The third kappa shape index (κ3) is 4.05. The number of aryl methyl sites for hydroxylation is 2. The summed E-state index contributed by atoms with van der Waals surface area (Å²) >= 11 is 0. The van der Waals surface area contributed by atoms with Gasteiger partial charge < -0.3 is 14.8 Å². The maximum absolute atomic E-state index is 12.4. The van der Waals surface area contributed by atoms with E-state index < -0.39 is 0 Å². The molecule has 0 aliphatic carbocycles. The fraction of sp³-hybridized carbons (Fsp3) is 0.429. The maximum Gasteiger partial charge on any atom is 0.268 e. The Morgan fingerprint density at radius 1 is 1.23 bits per heavy atom.